The van der Waals surface area contributed by atoms with Crippen molar-refractivity contribution in [3.05, 3.63) is 35.9 Å². The third kappa shape index (κ3) is 5.43. The normalized spacial score (nSPS) is 19.5. The number of carbonyl (C=O) groups is 3. The third-order valence-corrected chi connectivity index (χ3v) is 6.68. The molecule has 176 valence electrons. The van der Waals surface area contributed by atoms with Crippen LogP contribution >= 0.6 is 0 Å². The van der Waals surface area contributed by atoms with Crippen LogP contribution in [0.2, 0.25) is 0 Å². The van der Waals surface area contributed by atoms with Gasteiger partial charge in [0, 0.05) is 50.4 Å². The molecule has 33 heavy (non-hydrogen) atoms. The maximum atomic E-state index is 12.9. The number of anilines is 2. The zero-order valence-corrected chi connectivity index (χ0v) is 19.3. The lowest BCUT2D eigenvalue weighted by Gasteiger charge is -2.31. The zero-order chi connectivity index (χ0) is 23.2. The molecule has 1 N–H and O–H groups in total. The van der Waals surface area contributed by atoms with Gasteiger partial charge in [0.15, 0.2) is 0 Å². The summed E-state index contributed by atoms with van der Waals surface area (Å²) in [4.78, 5) is 41.5. The summed E-state index contributed by atoms with van der Waals surface area (Å²) < 4.78 is 0. The molecule has 0 saturated carbocycles. The Morgan fingerprint density at radius 1 is 1.18 bits per heavy atom. The van der Waals surface area contributed by atoms with E-state index in [-0.39, 0.29) is 18.4 Å². The molecule has 2 saturated heterocycles. The molecule has 8 nitrogen and oxygen atoms in total. The van der Waals surface area contributed by atoms with Crippen LogP contribution < -0.4 is 15.2 Å². The number of hydrogen-bond donors (Lipinski definition) is 1. The van der Waals surface area contributed by atoms with E-state index in [9.17, 15) is 14.4 Å². The first kappa shape index (κ1) is 23.0. The van der Waals surface area contributed by atoms with Gasteiger partial charge in [-0.2, -0.15) is 5.10 Å². The van der Waals surface area contributed by atoms with Crippen molar-refractivity contribution in [1.29, 1.82) is 0 Å². The minimum absolute atomic E-state index is 0.0361. The zero-order valence-electron chi connectivity index (χ0n) is 19.3. The van der Waals surface area contributed by atoms with Crippen LogP contribution in [0.1, 0.15) is 44.6 Å². The Kier molecular flexibility index (Phi) is 7.42. The monoisotopic (exact) mass is 451 g/mol. The quantitative estimate of drug-likeness (QED) is 0.298. The molecule has 2 fully saturated rings. The molecule has 3 aliphatic heterocycles. The van der Waals surface area contributed by atoms with Gasteiger partial charge in [-0.05, 0) is 61.4 Å². The number of benzene rings is 1. The van der Waals surface area contributed by atoms with E-state index >= 15 is 0 Å². The minimum Gasteiger partial charge on any atom is -0.355 e. The van der Waals surface area contributed by atoms with Crippen LogP contribution in [0, 0.1) is 5.92 Å². The summed E-state index contributed by atoms with van der Waals surface area (Å²) in [5, 5.41) is 4.48. The van der Waals surface area contributed by atoms with Crippen molar-refractivity contribution < 1.29 is 14.4 Å². The molecule has 3 heterocycles. The number of aldehydes is 1. The SMILES string of the molecule is CC1CCN(C(/C=C\CC=O)=N/NCC(=O)N2CCc3cc(N4CCCC4=O)ccc32)CC1. The number of likely N-dealkylation sites (tertiary alicyclic amines) is 1. The van der Waals surface area contributed by atoms with Gasteiger partial charge < -0.3 is 19.5 Å². The number of carbonyl (C=O) groups excluding carboxylic acids is 3. The van der Waals surface area contributed by atoms with Gasteiger partial charge >= 0.3 is 0 Å². The maximum absolute atomic E-state index is 12.9. The summed E-state index contributed by atoms with van der Waals surface area (Å²) in [6.45, 7) is 5.59. The fourth-order valence-electron chi connectivity index (χ4n) is 4.70. The first-order valence-corrected chi connectivity index (χ1v) is 12.0. The highest BCUT2D eigenvalue weighted by molar-refractivity contribution is 5.99. The highest BCUT2D eigenvalue weighted by Gasteiger charge is 2.27. The van der Waals surface area contributed by atoms with Crippen LogP contribution in [0.4, 0.5) is 11.4 Å². The molecule has 0 aromatic heterocycles. The number of hydrazone groups is 1. The second-order valence-electron chi connectivity index (χ2n) is 9.04. The molecule has 1 aromatic rings. The van der Waals surface area contributed by atoms with Crippen LogP contribution in [0.15, 0.2) is 35.5 Å². The summed E-state index contributed by atoms with van der Waals surface area (Å²) in [6.07, 6.45) is 9.36. The van der Waals surface area contributed by atoms with Crippen molar-refractivity contribution in [2.24, 2.45) is 11.0 Å². The molecular formula is C25H33N5O3. The van der Waals surface area contributed by atoms with Crippen molar-refractivity contribution in [3.8, 4) is 0 Å². The van der Waals surface area contributed by atoms with E-state index in [4.69, 9.17) is 0 Å². The summed E-state index contributed by atoms with van der Waals surface area (Å²) in [5.74, 6) is 1.60. The summed E-state index contributed by atoms with van der Waals surface area (Å²) in [6, 6.07) is 5.93. The molecule has 0 unspecified atom stereocenters. The van der Waals surface area contributed by atoms with E-state index in [0.29, 0.717) is 25.3 Å². The Balaban J connectivity index is 1.38. The first-order chi connectivity index (χ1) is 16.1. The fraction of sp³-hybridized carbons (Fsp3) is 0.520. The highest BCUT2D eigenvalue weighted by atomic mass is 16.2. The average Bonchev–Trinajstić information content (AvgIpc) is 3.44. The number of rotatable bonds is 7. The number of nitrogens with one attached hydrogen (secondary N) is 1. The Morgan fingerprint density at radius 3 is 2.73 bits per heavy atom. The molecule has 4 rings (SSSR count). The predicted molar refractivity (Wildman–Crippen MR) is 129 cm³/mol. The van der Waals surface area contributed by atoms with Gasteiger partial charge in [-0.3, -0.25) is 15.0 Å². The maximum Gasteiger partial charge on any atom is 0.248 e. The van der Waals surface area contributed by atoms with Gasteiger partial charge in [-0.1, -0.05) is 13.0 Å². The number of amides is 2. The Morgan fingerprint density at radius 2 is 2.00 bits per heavy atom. The van der Waals surface area contributed by atoms with E-state index in [0.717, 1.165) is 74.4 Å². The van der Waals surface area contributed by atoms with Gasteiger partial charge in [0.2, 0.25) is 11.8 Å². The summed E-state index contributed by atoms with van der Waals surface area (Å²) >= 11 is 0. The van der Waals surface area contributed by atoms with Gasteiger partial charge in [0.1, 0.15) is 18.7 Å². The molecule has 1 aromatic carbocycles. The number of piperidine rings is 1. The third-order valence-electron chi connectivity index (χ3n) is 6.68. The van der Waals surface area contributed by atoms with Gasteiger partial charge in [-0.15, -0.1) is 0 Å². The number of allylic oxidation sites excluding steroid dienone is 1. The topological polar surface area (TPSA) is 85.3 Å². The van der Waals surface area contributed by atoms with E-state index in [1.54, 1.807) is 11.0 Å². The van der Waals surface area contributed by atoms with Crippen molar-refractivity contribution in [1.82, 2.24) is 10.3 Å². The number of amidine groups is 1. The molecule has 8 heteroatoms. The van der Waals surface area contributed by atoms with Crippen molar-refractivity contribution in [2.75, 3.05) is 42.5 Å². The number of fused-ring (bicyclic) bond motifs is 1. The van der Waals surface area contributed by atoms with E-state index in [2.05, 4.69) is 22.4 Å². The standard InChI is InChI=1S/C25H33N5O3/c1-19-9-13-28(14-10-19)23(5-2-3-16-31)27-26-18-25(33)30-15-11-20-17-21(7-8-22(20)30)29-12-4-6-24(29)32/h2,5,7-8,16-17,19,26H,3-4,6,9-15,18H2,1H3/b5-2-,27-23+. The molecule has 0 atom stereocenters. The fourth-order valence-corrected chi connectivity index (χ4v) is 4.70. The lowest BCUT2D eigenvalue weighted by molar-refractivity contribution is -0.118. The van der Waals surface area contributed by atoms with E-state index in [1.165, 1.54) is 0 Å². The smallest absolute Gasteiger partial charge is 0.248 e. The van der Waals surface area contributed by atoms with Crippen LogP contribution in [-0.4, -0.2) is 61.6 Å². The number of hydrogen-bond acceptors (Lipinski definition) is 5. The minimum atomic E-state index is -0.0361. The first-order valence-electron chi connectivity index (χ1n) is 12.0. The largest absolute Gasteiger partial charge is 0.355 e. The molecule has 2 amide bonds. The molecule has 0 spiro atoms. The Bertz CT molecular complexity index is 949. The van der Waals surface area contributed by atoms with Gasteiger partial charge in [-0.25, -0.2) is 0 Å². The molecular weight excluding hydrogens is 418 g/mol. The Hall–Kier alpha value is -3.16. The van der Waals surface area contributed by atoms with E-state index < -0.39 is 0 Å². The van der Waals surface area contributed by atoms with Gasteiger partial charge in [0.05, 0.1) is 0 Å². The van der Waals surface area contributed by atoms with Crippen LogP contribution in [0.25, 0.3) is 0 Å². The van der Waals surface area contributed by atoms with Crippen LogP contribution in [-0.2, 0) is 20.8 Å². The predicted octanol–water partition coefficient (Wildman–Crippen LogP) is 2.48. The molecule has 3 aliphatic rings. The van der Waals surface area contributed by atoms with Crippen molar-refractivity contribution >= 4 is 35.3 Å². The van der Waals surface area contributed by atoms with Crippen LogP contribution in [0.5, 0.6) is 0 Å². The number of nitrogens with zero attached hydrogens (tertiary/aromatic N) is 4. The van der Waals surface area contributed by atoms with Crippen molar-refractivity contribution in [3.63, 3.8) is 0 Å². The second-order valence-corrected chi connectivity index (χ2v) is 9.04. The van der Waals surface area contributed by atoms with Crippen LogP contribution in [0.3, 0.4) is 0 Å². The molecule has 0 bridgehead atoms. The lowest BCUT2D eigenvalue weighted by Crippen LogP contribution is -2.39. The lowest BCUT2D eigenvalue weighted by atomic mass is 9.99. The van der Waals surface area contributed by atoms with Crippen molar-refractivity contribution in [2.45, 2.75) is 45.4 Å². The molecule has 0 aliphatic carbocycles. The average molecular weight is 452 g/mol. The Labute approximate surface area is 195 Å². The summed E-state index contributed by atoms with van der Waals surface area (Å²) in [5.41, 5.74) is 5.89. The molecule has 0 radical (unpaired) electrons. The van der Waals surface area contributed by atoms with Gasteiger partial charge in [0.25, 0.3) is 0 Å². The summed E-state index contributed by atoms with van der Waals surface area (Å²) in [7, 11) is 0. The highest BCUT2D eigenvalue weighted by Crippen LogP contribution is 2.33. The van der Waals surface area contributed by atoms with E-state index in [1.807, 2.05) is 29.2 Å². The second kappa shape index (κ2) is 10.6.